The molecule has 0 saturated heterocycles. The minimum Gasteiger partial charge on any atom is -0.465 e. The molecule has 3 rings (SSSR count). The number of carbonyl (C=O) groups excluding carboxylic acids is 2. The van der Waals surface area contributed by atoms with E-state index in [0.29, 0.717) is 17.8 Å². The Bertz CT molecular complexity index is 838. The summed E-state index contributed by atoms with van der Waals surface area (Å²) in [6.07, 6.45) is 0. The van der Waals surface area contributed by atoms with Crippen molar-refractivity contribution in [2.45, 2.75) is 6.54 Å². The number of hydrogen-bond donors (Lipinski definition) is 2. The second kappa shape index (κ2) is 7.10. The van der Waals surface area contributed by atoms with E-state index in [2.05, 4.69) is 20.3 Å². The molecule has 0 bridgehead atoms. The number of nitrogens with zero attached hydrogens (tertiary/aromatic N) is 1. The molecule has 2 aromatic heterocycles. The van der Waals surface area contributed by atoms with E-state index < -0.39 is 0 Å². The van der Waals surface area contributed by atoms with Gasteiger partial charge in [-0.25, -0.2) is 4.79 Å². The molecule has 122 valence electrons. The number of thiophene rings is 1. The standard InChI is InChI=1S/C17H15N3O3S/c1-23-17(22)12-6-4-11(5-7-12)10-18-16(21)14-9-13(19-20-14)15-3-2-8-24-15/h2-9H,10H2,1H3,(H,18,21)(H,19,20). The monoisotopic (exact) mass is 341 g/mol. The number of amides is 1. The number of H-pyrrole nitrogens is 1. The molecule has 7 heteroatoms. The molecule has 0 saturated carbocycles. The normalized spacial score (nSPS) is 10.4. The number of aromatic nitrogens is 2. The van der Waals surface area contributed by atoms with Gasteiger partial charge in [0.05, 0.1) is 23.2 Å². The largest absolute Gasteiger partial charge is 0.465 e. The van der Waals surface area contributed by atoms with Crippen LogP contribution in [0.3, 0.4) is 0 Å². The third-order valence-electron chi connectivity index (χ3n) is 3.43. The van der Waals surface area contributed by atoms with Crippen molar-refractivity contribution in [1.29, 1.82) is 0 Å². The van der Waals surface area contributed by atoms with Crippen LogP contribution in [0.1, 0.15) is 26.4 Å². The zero-order valence-corrected chi connectivity index (χ0v) is 13.7. The lowest BCUT2D eigenvalue weighted by Crippen LogP contribution is -2.23. The number of benzene rings is 1. The molecule has 3 aromatic rings. The van der Waals surface area contributed by atoms with Crippen LogP contribution in [0.15, 0.2) is 47.8 Å². The van der Waals surface area contributed by atoms with Gasteiger partial charge >= 0.3 is 5.97 Å². The Hall–Kier alpha value is -2.93. The fraction of sp³-hybridized carbons (Fsp3) is 0.118. The SMILES string of the molecule is COC(=O)c1ccc(CNC(=O)c2cc(-c3cccs3)[nH]n2)cc1. The first-order valence-corrected chi connectivity index (χ1v) is 8.10. The number of methoxy groups -OCH3 is 1. The Morgan fingerprint density at radius 1 is 1.25 bits per heavy atom. The predicted molar refractivity (Wildman–Crippen MR) is 90.9 cm³/mol. The minimum absolute atomic E-state index is 0.258. The minimum atomic E-state index is -0.386. The van der Waals surface area contributed by atoms with Gasteiger partial charge in [-0.05, 0) is 35.2 Å². The third kappa shape index (κ3) is 3.52. The molecule has 0 radical (unpaired) electrons. The lowest BCUT2D eigenvalue weighted by molar-refractivity contribution is 0.0600. The maximum atomic E-state index is 12.2. The number of nitrogens with one attached hydrogen (secondary N) is 2. The van der Waals surface area contributed by atoms with Gasteiger partial charge < -0.3 is 10.1 Å². The molecule has 0 fully saturated rings. The maximum absolute atomic E-state index is 12.2. The molecule has 0 atom stereocenters. The van der Waals surface area contributed by atoms with Gasteiger partial charge in [0.25, 0.3) is 5.91 Å². The van der Waals surface area contributed by atoms with E-state index in [1.54, 1.807) is 41.7 Å². The number of aromatic amines is 1. The molecule has 6 nitrogen and oxygen atoms in total. The summed E-state index contributed by atoms with van der Waals surface area (Å²) in [6, 6.07) is 12.5. The van der Waals surface area contributed by atoms with Crippen molar-refractivity contribution in [3.8, 4) is 10.6 Å². The van der Waals surface area contributed by atoms with Gasteiger partial charge in [-0.3, -0.25) is 9.89 Å². The summed E-state index contributed by atoms with van der Waals surface area (Å²) in [5.74, 6) is -0.644. The van der Waals surface area contributed by atoms with E-state index in [9.17, 15) is 9.59 Å². The molecule has 2 N–H and O–H groups in total. The number of carbonyl (C=O) groups is 2. The molecule has 2 heterocycles. The van der Waals surface area contributed by atoms with E-state index in [-0.39, 0.29) is 11.9 Å². The lowest BCUT2D eigenvalue weighted by atomic mass is 10.1. The highest BCUT2D eigenvalue weighted by atomic mass is 32.1. The molecule has 1 aromatic carbocycles. The van der Waals surface area contributed by atoms with Crippen LogP contribution in [0.25, 0.3) is 10.6 Å². The zero-order valence-electron chi connectivity index (χ0n) is 12.9. The van der Waals surface area contributed by atoms with Gasteiger partial charge in [-0.15, -0.1) is 11.3 Å². The molecule has 0 unspecified atom stereocenters. The van der Waals surface area contributed by atoms with Crippen LogP contribution >= 0.6 is 11.3 Å². The average molecular weight is 341 g/mol. The van der Waals surface area contributed by atoms with Crippen LogP contribution in [0, 0.1) is 0 Å². The van der Waals surface area contributed by atoms with Crippen molar-refractivity contribution in [2.24, 2.45) is 0 Å². The van der Waals surface area contributed by atoms with Gasteiger partial charge in [-0.2, -0.15) is 5.10 Å². The summed E-state index contributed by atoms with van der Waals surface area (Å²) in [7, 11) is 1.34. The number of hydrogen-bond acceptors (Lipinski definition) is 5. The number of rotatable bonds is 5. The van der Waals surface area contributed by atoms with Crippen molar-refractivity contribution in [1.82, 2.24) is 15.5 Å². The Morgan fingerprint density at radius 2 is 2.04 bits per heavy atom. The Kier molecular flexibility index (Phi) is 4.72. The van der Waals surface area contributed by atoms with Crippen LogP contribution in [-0.4, -0.2) is 29.2 Å². The molecular formula is C17H15N3O3S. The fourth-order valence-electron chi connectivity index (χ4n) is 2.15. The Balaban J connectivity index is 1.60. The highest BCUT2D eigenvalue weighted by molar-refractivity contribution is 7.13. The molecule has 0 spiro atoms. The van der Waals surface area contributed by atoms with Crippen molar-refractivity contribution in [3.05, 3.63) is 64.7 Å². The van der Waals surface area contributed by atoms with Crippen LogP contribution in [-0.2, 0) is 11.3 Å². The summed E-state index contributed by atoms with van der Waals surface area (Å²) in [5.41, 5.74) is 2.51. The highest BCUT2D eigenvalue weighted by Gasteiger charge is 2.12. The molecule has 0 aliphatic heterocycles. The number of esters is 1. The first kappa shape index (κ1) is 15.9. The van der Waals surface area contributed by atoms with Gasteiger partial charge in [0.15, 0.2) is 5.69 Å². The number of ether oxygens (including phenoxy) is 1. The molecule has 0 aliphatic carbocycles. The van der Waals surface area contributed by atoms with Crippen LogP contribution in [0.4, 0.5) is 0 Å². The Labute approximate surface area is 142 Å². The highest BCUT2D eigenvalue weighted by Crippen LogP contribution is 2.22. The maximum Gasteiger partial charge on any atom is 0.337 e. The molecule has 0 aliphatic rings. The van der Waals surface area contributed by atoms with E-state index in [0.717, 1.165) is 16.1 Å². The first-order chi connectivity index (χ1) is 11.7. The smallest absolute Gasteiger partial charge is 0.337 e. The second-order valence-corrected chi connectivity index (χ2v) is 5.96. The zero-order chi connectivity index (χ0) is 16.9. The van der Waals surface area contributed by atoms with Gasteiger partial charge in [0, 0.05) is 6.54 Å². The Morgan fingerprint density at radius 3 is 2.71 bits per heavy atom. The summed E-state index contributed by atoms with van der Waals surface area (Å²) in [5, 5.41) is 11.7. The van der Waals surface area contributed by atoms with Crippen molar-refractivity contribution in [3.63, 3.8) is 0 Å². The summed E-state index contributed by atoms with van der Waals surface area (Å²) >= 11 is 1.58. The summed E-state index contributed by atoms with van der Waals surface area (Å²) in [4.78, 5) is 24.6. The van der Waals surface area contributed by atoms with Crippen LogP contribution in [0.5, 0.6) is 0 Å². The second-order valence-electron chi connectivity index (χ2n) is 5.02. The van der Waals surface area contributed by atoms with E-state index in [4.69, 9.17) is 0 Å². The van der Waals surface area contributed by atoms with Crippen LogP contribution < -0.4 is 5.32 Å². The van der Waals surface area contributed by atoms with E-state index in [1.165, 1.54) is 7.11 Å². The van der Waals surface area contributed by atoms with Gasteiger partial charge in [0.1, 0.15) is 0 Å². The van der Waals surface area contributed by atoms with Crippen LogP contribution in [0.2, 0.25) is 0 Å². The van der Waals surface area contributed by atoms with E-state index >= 15 is 0 Å². The van der Waals surface area contributed by atoms with Crippen molar-refractivity contribution in [2.75, 3.05) is 7.11 Å². The molecule has 1 amide bonds. The summed E-state index contributed by atoms with van der Waals surface area (Å²) in [6.45, 7) is 0.349. The van der Waals surface area contributed by atoms with E-state index in [1.807, 2.05) is 17.5 Å². The molecule has 24 heavy (non-hydrogen) atoms. The average Bonchev–Trinajstić information content (AvgIpc) is 3.30. The first-order valence-electron chi connectivity index (χ1n) is 7.22. The quantitative estimate of drug-likeness (QED) is 0.699. The third-order valence-corrected chi connectivity index (χ3v) is 4.33. The lowest BCUT2D eigenvalue weighted by Gasteiger charge is -2.04. The fourth-order valence-corrected chi connectivity index (χ4v) is 2.84. The topological polar surface area (TPSA) is 84.1 Å². The van der Waals surface area contributed by atoms with Crippen molar-refractivity contribution >= 4 is 23.2 Å². The predicted octanol–water partition coefficient (Wildman–Crippen LogP) is 2.85. The van der Waals surface area contributed by atoms with Gasteiger partial charge in [-0.1, -0.05) is 18.2 Å². The molecular weight excluding hydrogens is 326 g/mol. The van der Waals surface area contributed by atoms with Gasteiger partial charge in [0.2, 0.25) is 0 Å². The van der Waals surface area contributed by atoms with Crippen molar-refractivity contribution < 1.29 is 14.3 Å². The summed E-state index contributed by atoms with van der Waals surface area (Å²) < 4.78 is 4.65.